The lowest BCUT2D eigenvalue weighted by atomic mass is 10.1. The Morgan fingerprint density at radius 3 is 2.83 bits per heavy atom. The van der Waals surface area contributed by atoms with E-state index in [1.54, 1.807) is 0 Å². The first-order chi connectivity index (χ1) is 14.2. The molecule has 5 rings (SSSR count). The van der Waals surface area contributed by atoms with Crippen molar-refractivity contribution < 1.29 is 4.39 Å². The predicted molar refractivity (Wildman–Crippen MR) is 116 cm³/mol. The van der Waals surface area contributed by atoms with Crippen LogP contribution in [0, 0.1) is 6.92 Å². The minimum absolute atomic E-state index is 0.0498. The van der Waals surface area contributed by atoms with Crippen LogP contribution >= 0.6 is 11.3 Å². The Labute approximate surface area is 171 Å². The minimum atomic E-state index is -0.579. The van der Waals surface area contributed by atoms with Gasteiger partial charge in [-0.1, -0.05) is 6.07 Å². The molecule has 0 unspecified atom stereocenters. The van der Waals surface area contributed by atoms with Crippen molar-refractivity contribution in [2.75, 3.05) is 19.8 Å². The van der Waals surface area contributed by atoms with Crippen LogP contribution < -0.4 is 5.56 Å². The minimum Gasteiger partial charge on any atom is -0.305 e. The number of hydrogen-bond acceptors (Lipinski definition) is 4. The van der Waals surface area contributed by atoms with Gasteiger partial charge in [-0.25, -0.2) is 4.39 Å². The molecule has 0 radical (unpaired) electrons. The Kier molecular flexibility index (Phi) is 4.72. The normalized spacial score (nSPS) is 15.1. The first-order valence-corrected chi connectivity index (χ1v) is 10.9. The molecule has 0 spiro atoms. The van der Waals surface area contributed by atoms with Crippen LogP contribution in [0.15, 0.2) is 35.1 Å². The van der Waals surface area contributed by atoms with Gasteiger partial charge in [-0.3, -0.25) is 14.8 Å². The van der Waals surface area contributed by atoms with Crippen molar-refractivity contribution in [2.45, 2.75) is 32.9 Å². The standard InChI is InChI=1S/C22H23FN4OS/c1-14-20-21(25-24-14)17-12-15(4-6-18(17)27(11-8-23)22(20)28)19-7-5-16(29-19)13-26-9-2-3-10-26/h4-7,12H,2-3,8-11,13H2,1H3,(H,24,25). The Morgan fingerprint density at radius 1 is 1.21 bits per heavy atom. The highest BCUT2D eigenvalue weighted by Gasteiger charge is 2.17. The lowest BCUT2D eigenvalue weighted by molar-refractivity contribution is 0.334. The lowest BCUT2D eigenvalue weighted by Gasteiger charge is -2.12. The summed E-state index contributed by atoms with van der Waals surface area (Å²) in [7, 11) is 0. The summed E-state index contributed by atoms with van der Waals surface area (Å²) >= 11 is 1.81. The van der Waals surface area contributed by atoms with Gasteiger partial charge in [-0.15, -0.1) is 11.3 Å². The molecule has 1 aliphatic heterocycles. The monoisotopic (exact) mass is 410 g/mol. The number of benzene rings is 1. The van der Waals surface area contributed by atoms with E-state index < -0.39 is 6.67 Å². The number of aromatic nitrogens is 3. The predicted octanol–water partition coefficient (Wildman–Crippen LogP) is 4.48. The highest BCUT2D eigenvalue weighted by molar-refractivity contribution is 7.15. The molecule has 3 aromatic heterocycles. The van der Waals surface area contributed by atoms with Crippen LogP contribution in [-0.4, -0.2) is 39.4 Å². The van der Waals surface area contributed by atoms with E-state index in [-0.39, 0.29) is 12.1 Å². The largest absolute Gasteiger partial charge is 0.305 e. The summed E-state index contributed by atoms with van der Waals surface area (Å²) in [5, 5.41) is 8.73. The van der Waals surface area contributed by atoms with Crippen LogP contribution in [0.5, 0.6) is 0 Å². The highest BCUT2D eigenvalue weighted by Crippen LogP contribution is 2.33. The van der Waals surface area contributed by atoms with E-state index in [0.717, 1.165) is 23.0 Å². The number of nitrogens with one attached hydrogen (secondary N) is 1. The van der Waals surface area contributed by atoms with Crippen molar-refractivity contribution in [3.63, 3.8) is 0 Å². The van der Waals surface area contributed by atoms with Crippen LogP contribution in [0.25, 0.3) is 32.2 Å². The van der Waals surface area contributed by atoms with Gasteiger partial charge in [0.05, 0.1) is 17.4 Å². The molecule has 0 aliphatic carbocycles. The van der Waals surface area contributed by atoms with Crippen molar-refractivity contribution in [1.29, 1.82) is 0 Å². The van der Waals surface area contributed by atoms with Gasteiger partial charge in [0.2, 0.25) is 0 Å². The maximum atomic E-state index is 13.1. The summed E-state index contributed by atoms with van der Waals surface area (Å²) in [6.45, 7) is 4.68. The zero-order valence-corrected chi connectivity index (χ0v) is 17.2. The van der Waals surface area contributed by atoms with Crippen LogP contribution in [0.3, 0.4) is 0 Å². The Morgan fingerprint density at radius 2 is 2.03 bits per heavy atom. The maximum Gasteiger partial charge on any atom is 0.262 e. The van der Waals surface area contributed by atoms with Gasteiger partial charge in [-0.05, 0) is 62.7 Å². The molecule has 0 bridgehead atoms. The molecule has 0 saturated carbocycles. The van der Waals surface area contributed by atoms with Gasteiger partial charge in [-0.2, -0.15) is 5.10 Å². The van der Waals surface area contributed by atoms with Gasteiger partial charge in [0.25, 0.3) is 5.56 Å². The quantitative estimate of drug-likeness (QED) is 0.528. The van der Waals surface area contributed by atoms with Crippen molar-refractivity contribution in [3.8, 4) is 10.4 Å². The van der Waals surface area contributed by atoms with Crippen LogP contribution in [0.1, 0.15) is 23.4 Å². The van der Waals surface area contributed by atoms with E-state index in [9.17, 15) is 9.18 Å². The number of alkyl halides is 1. The first kappa shape index (κ1) is 18.5. The summed E-state index contributed by atoms with van der Waals surface area (Å²) in [6.07, 6.45) is 2.59. The number of rotatable bonds is 5. The molecule has 7 heteroatoms. The Hall–Kier alpha value is -2.51. The van der Waals surface area contributed by atoms with Gasteiger partial charge in [0, 0.05) is 27.4 Å². The third-order valence-corrected chi connectivity index (χ3v) is 6.90. The molecular weight excluding hydrogens is 387 g/mol. The molecule has 4 heterocycles. The van der Waals surface area contributed by atoms with Crippen molar-refractivity contribution in [1.82, 2.24) is 19.7 Å². The maximum absolute atomic E-state index is 13.1. The topological polar surface area (TPSA) is 53.9 Å². The number of nitrogens with zero attached hydrogens (tertiary/aromatic N) is 3. The number of halogens is 1. The summed E-state index contributed by atoms with van der Waals surface area (Å²) in [4.78, 5) is 17.9. The second-order valence-electron chi connectivity index (χ2n) is 7.70. The third-order valence-electron chi connectivity index (χ3n) is 5.78. The van der Waals surface area contributed by atoms with Crippen molar-refractivity contribution in [2.24, 2.45) is 0 Å². The van der Waals surface area contributed by atoms with Crippen molar-refractivity contribution >= 4 is 33.1 Å². The van der Waals surface area contributed by atoms with E-state index in [4.69, 9.17) is 0 Å². The number of fused-ring (bicyclic) bond motifs is 3. The number of likely N-dealkylation sites (tertiary alicyclic amines) is 1. The number of aryl methyl sites for hydroxylation is 2. The molecule has 0 atom stereocenters. The Balaban J connectivity index is 1.61. The van der Waals surface area contributed by atoms with E-state index in [2.05, 4.69) is 33.3 Å². The summed E-state index contributed by atoms with van der Waals surface area (Å²) in [5.74, 6) is 0. The molecular formula is C22H23FN4OS. The number of aromatic amines is 1. The van der Waals surface area contributed by atoms with E-state index >= 15 is 0 Å². The number of hydrogen-bond donors (Lipinski definition) is 1. The van der Waals surface area contributed by atoms with Crippen molar-refractivity contribution in [3.05, 3.63) is 51.3 Å². The van der Waals surface area contributed by atoms with Crippen LogP contribution in [0.2, 0.25) is 0 Å². The van der Waals surface area contributed by atoms with Crippen LogP contribution in [0.4, 0.5) is 4.39 Å². The van der Waals surface area contributed by atoms with E-state index in [1.165, 1.54) is 40.3 Å². The van der Waals surface area contributed by atoms with Crippen LogP contribution in [-0.2, 0) is 13.1 Å². The molecule has 1 aromatic carbocycles. The second kappa shape index (κ2) is 7.39. The summed E-state index contributed by atoms with van der Waals surface area (Å²) in [5.41, 5.74) is 3.02. The van der Waals surface area contributed by atoms with Gasteiger partial charge >= 0.3 is 0 Å². The Bertz CT molecular complexity index is 1250. The molecule has 1 aliphatic rings. The van der Waals surface area contributed by atoms with Gasteiger partial charge in [0.1, 0.15) is 12.2 Å². The van der Waals surface area contributed by atoms with E-state index in [0.29, 0.717) is 16.6 Å². The molecule has 4 aromatic rings. The van der Waals surface area contributed by atoms with Gasteiger partial charge in [0.15, 0.2) is 0 Å². The number of thiophene rings is 1. The summed E-state index contributed by atoms with van der Waals surface area (Å²) < 4.78 is 14.7. The lowest BCUT2D eigenvalue weighted by Crippen LogP contribution is -2.22. The zero-order chi connectivity index (χ0) is 20.0. The number of pyridine rings is 1. The van der Waals surface area contributed by atoms with Gasteiger partial charge < -0.3 is 4.57 Å². The fraction of sp³-hybridized carbons (Fsp3) is 0.364. The fourth-order valence-corrected chi connectivity index (χ4v) is 5.38. The highest BCUT2D eigenvalue weighted by atomic mass is 32.1. The molecule has 1 N–H and O–H groups in total. The average Bonchev–Trinajstić information content (AvgIpc) is 3.47. The SMILES string of the molecule is Cc1[nH]nc2c1c(=O)n(CCF)c1ccc(-c3ccc(CN4CCCC4)s3)cc21. The fourth-order valence-electron chi connectivity index (χ4n) is 4.33. The molecule has 5 nitrogen and oxygen atoms in total. The third kappa shape index (κ3) is 3.18. The smallest absolute Gasteiger partial charge is 0.262 e. The number of H-pyrrole nitrogens is 1. The molecule has 1 fully saturated rings. The average molecular weight is 411 g/mol. The van der Waals surface area contributed by atoms with E-state index in [1.807, 2.05) is 30.4 Å². The molecule has 29 heavy (non-hydrogen) atoms. The molecule has 0 amide bonds. The molecule has 1 saturated heterocycles. The first-order valence-electron chi connectivity index (χ1n) is 10.0. The second-order valence-corrected chi connectivity index (χ2v) is 8.87. The zero-order valence-electron chi connectivity index (χ0n) is 16.4. The summed E-state index contributed by atoms with van der Waals surface area (Å²) in [6, 6.07) is 10.4. The molecule has 150 valence electrons.